The van der Waals surface area contributed by atoms with Gasteiger partial charge in [0.15, 0.2) is 0 Å². The molecule has 0 saturated carbocycles. The van der Waals surface area contributed by atoms with Gasteiger partial charge in [-0.05, 0) is 12.8 Å². The third-order valence-corrected chi connectivity index (χ3v) is 3.28. The molecule has 6 heteroatoms. The maximum atomic E-state index is 11.3. The fraction of sp³-hybridized carbons (Fsp3) is 0.727. The number of thioether (sulfide) groups is 1. The first-order valence-electron chi connectivity index (χ1n) is 5.80. The van der Waals surface area contributed by atoms with Gasteiger partial charge in [0, 0.05) is 5.75 Å². The van der Waals surface area contributed by atoms with Crippen molar-refractivity contribution in [3.05, 3.63) is 5.89 Å². The minimum Gasteiger partial charge on any atom is -0.459 e. The van der Waals surface area contributed by atoms with E-state index in [1.807, 2.05) is 0 Å². The van der Waals surface area contributed by atoms with Gasteiger partial charge in [-0.25, -0.2) is 4.79 Å². The molecule has 5 nitrogen and oxygen atoms in total. The lowest BCUT2D eigenvalue weighted by atomic mass is 10.1. The molecule has 96 valence electrons. The van der Waals surface area contributed by atoms with Crippen LogP contribution in [0.5, 0.6) is 0 Å². The number of esters is 1. The Morgan fingerprint density at radius 3 is 2.88 bits per heavy atom. The minimum atomic E-state index is -0.562. The molecule has 0 spiro atoms. The fourth-order valence-corrected chi connectivity index (χ4v) is 2.16. The quantitative estimate of drug-likeness (QED) is 0.553. The Morgan fingerprint density at radius 2 is 2.24 bits per heavy atom. The molecular weight excluding hydrogens is 240 g/mol. The summed E-state index contributed by atoms with van der Waals surface area (Å²) in [5.41, 5.74) is 0. The van der Waals surface area contributed by atoms with Crippen molar-refractivity contribution in [3.8, 4) is 0 Å². The average Bonchev–Trinajstić information content (AvgIpc) is 2.76. The third kappa shape index (κ3) is 4.77. The topological polar surface area (TPSA) is 65.2 Å². The summed E-state index contributed by atoms with van der Waals surface area (Å²) < 4.78 is 9.95. The maximum absolute atomic E-state index is 11.3. The van der Waals surface area contributed by atoms with Crippen LogP contribution in [-0.4, -0.2) is 28.5 Å². The van der Waals surface area contributed by atoms with Crippen molar-refractivity contribution >= 4 is 17.7 Å². The first-order valence-corrected chi connectivity index (χ1v) is 6.79. The molecule has 0 amide bonds. The molecule has 1 rings (SSSR count). The summed E-state index contributed by atoms with van der Waals surface area (Å²) in [6.45, 7) is 6.37. The summed E-state index contributed by atoms with van der Waals surface area (Å²) in [6, 6.07) is 0. The van der Waals surface area contributed by atoms with Gasteiger partial charge < -0.3 is 9.15 Å². The molecule has 0 bridgehead atoms. The summed E-state index contributed by atoms with van der Waals surface area (Å²) in [7, 11) is 0. The highest BCUT2D eigenvalue weighted by atomic mass is 32.2. The lowest BCUT2D eigenvalue weighted by Gasteiger charge is -2.06. The van der Waals surface area contributed by atoms with E-state index in [0.29, 0.717) is 17.7 Å². The van der Waals surface area contributed by atoms with E-state index in [4.69, 9.17) is 9.15 Å². The highest BCUT2D eigenvalue weighted by molar-refractivity contribution is 7.99. The second-order valence-corrected chi connectivity index (χ2v) is 4.77. The van der Waals surface area contributed by atoms with E-state index in [-0.39, 0.29) is 5.89 Å². The van der Waals surface area contributed by atoms with Gasteiger partial charge in [-0.1, -0.05) is 43.5 Å². The van der Waals surface area contributed by atoms with Crippen LogP contribution in [0.15, 0.2) is 9.64 Å². The fourth-order valence-electron chi connectivity index (χ4n) is 1.33. The standard InChI is InChI=1S/C11H18N2O3S/c1-4-6-8(3)7-17-11-13-12-9(16-11)10(14)15-5-2/h8H,4-7H2,1-3H3. The van der Waals surface area contributed by atoms with Crippen molar-refractivity contribution in [2.75, 3.05) is 12.4 Å². The summed E-state index contributed by atoms with van der Waals surface area (Å²) >= 11 is 1.48. The second kappa shape index (κ2) is 7.32. The van der Waals surface area contributed by atoms with Crippen LogP contribution in [-0.2, 0) is 4.74 Å². The van der Waals surface area contributed by atoms with E-state index in [0.717, 1.165) is 5.75 Å². The number of ether oxygens (including phenoxy) is 1. The van der Waals surface area contributed by atoms with E-state index < -0.39 is 5.97 Å². The molecule has 1 heterocycles. The van der Waals surface area contributed by atoms with Crippen molar-refractivity contribution in [1.29, 1.82) is 0 Å². The van der Waals surface area contributed by atoms with Gasteiger partial charge in [0.05, 0.1) is 6.61 Å². The predicted molar refractivity (Wildman–Crippen MR) is 65.1 cm³/mol. The number of hydrogen-bond donors (Lipinski definition) is 0. The Kier molecular flexibility index (Phi) is 6.04. The van der Waals surface area contributed by atoms with Crippen LogP contribution in [0.25, 0.3) is 0 Å². The highest BCUT2D eigenvalue weighted by Gasteiger charge is 2.16. The SMILES string of the molecule is CCCC(C)CSc1nnc(C(=O)OCC)o1. The minimum absolute atomic E-state index is 0.0718. The molecule has 0 radical (unpaired) electrons. The molecular formula is C11H18N2O3S. The monoisotopic (exact) mass is 258 g/mol. The first-order chi connectivity index (χ1) is 8.17. The van der Waals surface area contributed by atoms with Crippen molar-refractivity contribution in [2.24, 2.45) is 5.92 Å². The van der Waals surface area contributed by atoms with Gasteiger partial charge in [0.25, 0.3) is 5.22 Å². The van der Waals surface area contributed by atoms with E-state index in [1.54, 1.807) is 6.92 Å². The Balaban J connectivity index is 2.43. The molecule has 0 fully saturated rings. The molecule has 0 aliphatic heterocycles. The molecule has 1 atom stereocenters. The molecule has 0 N–H and O–H groups in total. The zero-order chi connectivity index (χ0) is 12.7. The van der Waals surface area contributed by atoms with Crippen molar-refractivity contribution < 1.29 is 13.9 Å². The van der Waals surface area contributed by atoms with E-state index in [2.05, 4.69) is 24.0 Å². The predicted octanol–water partition coefficient (Wildman–Crippen LogP) is 2.77. The molecule has 1 aromatic heterocycles. The molecule has 0 saturated heterocycles. The van der Waals surface area contributed by atoms with Crippen LogP contribution in [0.3, 0.4) is 0 Å². The third-order valence-electron chi connectivity index (χ3n) is 2.13. The maximum Gasteiger partial charge on any atom is 0.396 e. The molecule has 0 aliphatic carbocycles. The number of nitrogens with zero attached hydrogens (tertiary/aromatic N) is 2. The summed E-state index contributed by atoms with van der Waals surface area (Å²) in [5.74, 6) is 0.882. The number of hydrogen-bond acceptors (Lipinski definition) is 6. The zero-order valence-electron chi connectivity index (χ0n) is 10.4. The Bertz CT molecular complexity index is 354. The molecule has 1 unspecified atom stereocenters. The number of carbonyl (C=O) groups is 1. The van der Waals surface area contributed by atoms with E-state index >= 15 is 0 Å². The van der Waals surface area contributed by atoms with Crippen molar-refractivity contribution in [2.45, 2.75) is 38.8 Å². The Hall–Kier alpha value is -1.04. The Labute approximate surface area is 105 Å². The van der Waals surface area contributed by atoms with Crippen LogP contribution < -0.4 is 0 Å². The summed E-state index contributed by atoms with van der Waals surface area (Å²) in [5, 5.41) is 7.87. The number of carbonyl (C=O) groups excluding carboxylic acids is 1. The number of rotatable bonds is 7. The smallest absolute Gasteiger partial charge is 0.396 e. The normalized spacial score (nSPS) is 12.4. The first kappa shape index (κ1) is 14.0. The molecule has 1 aromatic rings. The van der Waals surface area contributed by atoms with Crippen LogP contribution in [0.2, 0.25) is 0 Å². The van der Waals surface area contributed by atoms with Gasteiger partial charge in [0.2, 0.25) is 0 Å². The van der Waals surface area contributed by atoms with Gasteiger partial charge in [-0.2, -0.15) is 0 Å². The summed E-state index contributed by atoms with van der Waals surface area (Å²) in [4.78, 5) is 11.3. The molecule has 17 heavy (non-hydrogen) atoms. The zero-order valence-corrected chi connectivity index (χ0v) is 11.2. The molecule has 0 aliphatic rings. The largest absolute Gasteiger partial charge is 0.459 e. The van der Waals surface area contributed by atoms with Gasteiger partial charge in [0.1, 0.15) is 0 Å². The van der Waals surface area contributed by atoms with Crippen LogP contribution >= 0.6 is 11.8 Å². The van der Waals surface area contributed by atoms with Crippen molar-refractivity contribution in [1.82, 2.24) is 10.2 Å². The average molecular weight is 258 g/mol. The number of aromatic nitrogens is 2. The second-order valence-electron chi connectivity index (χ2n) is 3.80. The lowest BCUT2D eigenvalue weighted by molar-refractivity contribution is 0.0475. The van der Waals surface area contributed by atoms with E-state index in [1.165, 1.54) is 24.6 Å². The van der Waals surface area contributed by atoms with Gasteiger partial charge >= 0.3 is 11.9 Å². The molecule has 0 aromatic carbocycles. The lowest BCUT2D eigenvalue weighted by Crippen LogP contribution is -2.04. The van der Waals surface area contributed by atoms with Gasteiger partial charge in [-0.15, -0.1) is 5.10 Å². The highest BCUT2D eigenvalue weighted by Crippen LogP contribution is 2.21. The van der Waals surface area contributed by atoms with Gasteiger partial charge in [-0.3, -0.25) is 0 Å². The van der Waals surface area contributed by atoms with Crippen LogP contribution in [0.1, 0.15) is 44.3 Å². The van der Waals surface area contributed by atoms with Crippen molar-refractivity contribution in [3.63, 3.8) is 0 Å². The van der Waals surface area contributed by atoms with E-state index in [9.17, 15) is 4.79 Å². The summed E-state index contributed by atoms with van der Waals surface area (Å²) in [6.07, 6.45) is 2.34. The Morgan fingerprint density at radius 1 is 1.47 bits per heavy atom. The van der Waals surface area contributed by atoms with Crippen LogP contribution in [0, 0.1) is 5.92 Å². The van der Waals surface area contributed by atoms with Crippen LogP contribution in [0.4, 0.5) is 0 Å².